The van der Waals surface area contributed by atoms with Crippen LogP contribution in [0.15, 0.2) is 35.2 Å². The summed E-state index contributed by atoms with van der Waals surface area (Å²) in [5.74, 6) is 0.917. The molecule has 14 heavy (non-hydrogen) atoms. The largest absolute Gasteiger partial charge is 0.327 e. The average Bonchev–Trinajstić information content (AvgIpc) is 2.16. The molecule has 0 radical (unpaired) electrons. The second-order valence-electron chi connectivity index (χ2n) is 3.51. The first-order chi connectivity index (χ1) is 6.63. The van der Waals surface area contributed by atoms with Crippen molar-refractivity contribution in [3.63, 3.8) is 0 Å². The smallest absolute Gasteiger partial charge is 0.0200 e. The van der Waals surface area contributed by atoms with Crippen molar-refractivity contribution in [2.75, 3.05) is 12.3 Å². The summed E-state index contributed by atoms with van der Waals surface area (Å²) in [6.45, 7) is 8.72. The van der Waals surface area contributed by atoms with E-state index in [1.165, 1.54) is 16.0 Å². The van der Waals surface area contributed by atoms with Crippen molar-refractivity contribution in [3.8, 4) is 0 Å². The van der Waals surface area contributed by atoms with Gasteiger partial charge in [0.15, 0.2) is 0 Å². The lowest BCUT2D eigenvalue weighted by Gasteiger charge is -2.06. The van der Waals surface area contributed by atoms with Crippen LogP contribution >= 0.6 is 11.8 Å². The van der Waals surface area contributed by atoms with Gasteiger partial charge in [0.05, 0.1) is 0 Å². The number of aryl methyl sites for hydroxylation is 2. The van der Waals surface area contributed by atoms with Gasteiger partial charge in [0.2, 0.25) is 0 Å². The molecule has 0 aliphatic carbocycles. The molecule has 0 fully saturated rings. The van der Waals surface area contributed by atoms with Crippen LogP contribution in [0.4, 0.5) is 0 Å². The van der Waals surface area contributed by atoms with Crippen LogP contribution in [0.25, 0.3) is 0 Å². The molecule has 0 spiro atoms. The molecule has 0 aromatic heterocycles. The minimum Gasteiger partial charge on any atom is -0.327 e. The molecule has 0 atom stereocenters. The fraction of sp³-hybridized carbons (Fsp3) is 0.333. The van der Waals surface area contributed by atoms with E-state index in [0.717, 1.165) is 11.3 Å². The van der Waals surface area contributed by atoms with Crippen molar-refractivity contribution in [2.24, 2.45) is 5.73 Å². The molecule has 1 aromatic carbocycles. The summed E-state index contributed by atoms with van der Waals surface area (Å²) in [4.78, 5) is 1.32. The Balaban J connectivity index is 2.63. The van der Waals surface area contributed by atoms with E-state index in [0.29, 0.717) is 6.54 Å². The van der Waals surface area contributed by atoms with Gasteiger partial charge in [-0.1, -0.05) is 29.8 Å². The lowest BCUT2D eigenvalue weighted by atomic mass is 10.2. The molecule has 2 heteroatoms. The fourth-order valence-corrected chi connectivity index (χ4v) is 2.13. The van der Waals surface area contributed by atoms with Gasteiger partial charge in [0.1, 0.15) is 0 Å². The maximum absolute atomic E-state index is 5.49. The summed E-state index contributed by atoms with van der Waals surface area (Å²) < 4.78 is 0. The van der Waals surface area contributed by atoms with E-state index in [9.17, 15) is 0 Å². The highest BCUT2D eigenvalue weighted by Gasteiger charge is 1.99. The van der Waals surface area contributed by atoms with Gasteiger partial charge in [-0.15, -0.1) is 11.8 Å². The molecule has 1 nitrogen and oxygen atoms in total. The van der Waals surface area contributed by atoms with E-state index in [1.54, 1.807) is 0 Å². The Kier molecular flexibility index (Phi) is 4.23. The van der Waals surface area contributed by atoms with E-state index in [1.807, 2.05) is 11.8 Å². The highest BCUT2D eigenvalue weighted by molar-refractivity contribution is 7.99. The zero-order chi connectivity index (χ0) is 10.6. The van der Waals surface area contributed by atoms with Crippen molar-refractivity contribution in [2.45, 2.75) is 18.7 Å². The fourth-order valence-electron chi connectivity index (χ4n) is 1.20. The Morgan fingerprint density at radius 1 is 1.43 bits per heavy atom. The first-order valence-corrected chi connectivity index (χ1v) is 5.69. The van der Waals surface area contributed by atoms with Gasteiger partial charge in [-0.3, -0.25) is 0 Å². The molecule has 0 amide bonds. The summed E-state index contributed by atoms with van der Waals surface area (Å²) in [5, 5.41) is 0. The molecular weight excluding hydrogens is 190 g/mol. The third kappa shape index (κ3) is 3.20. The Labute approximate surface area is 90.4 Å². The molecule has 1 rings (SSSR count). The molecule has 0 bridgehead atoms. The topological polar surface area (TPSA) is 26.0 Å². The second-order valence-corrected chi connectivity index (χ2v) is 4.53. The maximum atomic E-state index is 5.49. The van der Waals surface area contributed by atoms with E-state index < -0.39 is 0 Å². The lowest BCUT2D eigenvalue weighted by molar-refractivity contribution is 1.15. The van der Waals surface area contributed by atoms with Crippen LogP contribution in [0.3, 0.4) is 0 Å². The van der Waals surface area contributed by atoms with Crippen LogP contribution in [-0.2, 0) is 0 Å². The zero-order valence-corrected chi connectivity index (χ0v) is 9.66. The first kappa shape index (κ1) is 11.3. The van der Waals surface area contributed by atoms with E-state index in [4.69, 9.17) is 5.73 Å². The number of thioether (sulfide) groups is 1. The van der Waals surface area contributed by atoms with Crippen molar-refractivity contribution < 1.29 is 0 Å². The SMILES string of the molecule is C=C(CN)CSc1ccc(C)cc1C. The number of nitrogens with two attached hydrogens (primary N) is 1. The van der Waals surface area contributed by atoms with Crippen LogP contribution in [0, 0.1) is 13.8 Å². The molecule has 0 saturated heterocycles. The van der Waals surface area contributed by atoms with Gasteiger partial charge >= 0.3 is 0 Å². The maximum Gasteiger partial charge on any atom is 0.0200 e. The van der Waals surface area contributed by atoms with Crippen molar-refractivity contribution in [3.05, 3.63) is 41.5 Å². The average molecular weight is 207 g/mol. The molecule has 0 heterocycles. The molecule has 2 N–H and O–H groups in total. The third-order valence-corrected chi connectivity index (χ3v) is 3.37. The van der Waals surface area contributed by atoms with Gasteiger partial charge in [-0.05, 0) is 25.5 Å². The minimum absolute atomic E-state index is 0.581. The van der Waals surface area contributed by atoms with Gasteiger partial charge in [-0.25, -0.2) is 0 Å². The van der Waals surface area contributed by atoms with E-state index in [-0.39, 0.29) is 0 Å². The van der Waals surface area contributed by atoms with Gasteiger partial charge in [-0.2, -0.15) is 0 Å². The molecule has 0 aliphatic rings. The predicted octanol–water partition coefficient (Wildman–Crippen LogP) is 2.91. The predicted molar refractivity (Wildman–Crippen MR) is 64.8 cm³/mol. The van der Waals surface area contributed by atoms with Crippen molar-refractivity contribution in [1.29, 1.82) is 0 Å². The molecule has 0 unspecified atom stereocenters. The highest BCUT2D eigenvalue weighted by Crippen LogP contribution is 2.24. The minimum atomic E-state index is 0.581. The van der Waals surface area contributed by atoms with E-state index >= 15 is 0 Å². The van der Waals surface area contributed by atoms with Crippen LogP contribution in [0.5, 0.6) is 0 Å². The van der Waals surface area contributed by atoms with Crippen LogP contribution in [-0.4, -0.2) is 12.3 Å². The van der Waals surface area contributed by atoms with Crippen molar-refractivity contribution in [1.82, 2.24) is 0 Å². The summed E-state index contributed by atoms with van der Waals surface area (Å²) in [6.07, 6.45) is 0. The quantitative estimate of drug-likeness (QED) is 0.607. The van der Waals surface area contributed by atoms with Crippen LogP contribution in [0.2, 0.25) is 0 Å². The molecule has 0 saturated carbocycles. The number of benzene rings is 1. The van der Waals surface area contributed by atoms with Gasteiger partial charge in [0, 0.05) is 17.2 Å². The Morgan fingerprint density at radius 3 is 2.71 bits per heavy atom. The Bertz CT molecular complexity index is 331. The number of rotatable bonds is 4. The molecule has 1 aromatic rings. The van der Waals surface area contributed by atoms with E-state index in [2.05, 4.69) is 38.6 Å². The van der Waals surface area contributed by atoms with Gasteiger partial charge < -0.3 is 5.73 Å². The normalized spacial score (nSPS) is 10.2. The Hall–Kier alpha value is -0.730. The highest BCUT2D eigenvalue weighted by atomic mass is 32.2. The monoisotopic (exact) mass is 207 g/mol. The molecule has 0 aliphatic heterocycles. The summed E-state index contributed by atoms with van der Waals surface area (Å²) in [7, 11) is 0. The number of hydrogen-bond acceptors (Lipinski definition) is 2. The lowest BCUT2D eigenvalue weighted by Crippen LogP contribution is -2.03. The standard InChI is InChI=1S/C12H17NS/c1-9-4-5-12(11(3)6-9)14-8-10(2)7-13/h4-6H,2,7-8,13H2,1,3H3. The first-order valence-electron chi connectivity index (χ1n) is 4.70. The van der Waals surface area contributed by atoms with Crippen molar-refractivity contribution >= 4 is 11.8 Å². The third-order valence-electron chi connectivity index (χ3n) is 2.05. The molecular formula is C12H17NS. The summed E-state index contributed by atoms with van der Waals surface area (Å²) in [5.41, 5.74) is 9.22. The Morgan fingerprint density at radius 2 is 2.14 bits per heavy atom. The van der Waals surface area contributed by atoms with Crippen LogP contribution < -0.4 is 5.73 Å². The summed E-state index contributed by atoms with van der Waals surface area (Å²) >= 11 is 1.81. The number of hydrogen-bond donors (Lipinski definition) is 1. The zero-order valence-electron chi connectivity index (χ0n) is 8.84. The summed E-state index contributed by atoms with van der Waals surface area (Å²) in [6, 6.07) is 6.51. The van der Waals surface area contributed by atoms with Crippen LogP contribution in [0.1, 0.15) is 11.1 Å². The second kappa shape index (κ2) is 5.23. The van der Waals surface area contributed by atoms with Gasteiger partial charge in [0.25, 0.3) is 0 Å². The molecule has 76 valence electrons.